The molecule has 32 heavy (non-hydrogen) atoms. The van der Waals surface area contributed by atoms with E-state index in [1.807, 2.05) is 36.4 Å². The zero-order valence-corrected chi connectivity index (χ0v) is 16.7. The number of alkyl halides is 3. The van der Waals surface area contributed by atoms with E-state index in [0.29, 0.717) is 22.3 Å². The summed E-state index contributed by atoms with van der Waals surface area (Å²) in [7, 11) is 1.50. The lowest BCUT2D eigenvalue weighted by atomic mass is 9.98. The molecule has 0 fully saturated rings. The summed E-state index contributed by atoms with van der Waals surface area (Å²) in [6.45, 7) is 0. The number of H-pyrrole nitrogens is 1. The number of nitrogens with one attached hydrogen (secondary N) is 1. The molecule has 0 bridgehead atoms. The Morgan fingerprint density at radius 1 is 1.00 bits per heavy atom. The molecule has 164 valence electrons. The van der Waals surface area contributed by atoms with Gasteiger partial charge in [0.05, 0.1) is 5.69 Å². The second kappa shape index (κ2) is 9.40. The molecule has 10 heteroatoms. The van der Waals surface area contributed by atoms with E-state index in [0.717, 1.165) is 11.1 Å². The maximum absolute atomic E-state index is 12.4. The summed E-state index contributed by atoms with van der Waals surface area (Å²) in [5.74, 6) is -2.55. The smallest absolute Gasteiger partial charge is 0.420 e. The summed E-state index contributed by atoms with van der Waals surface area (Å²) in [4.78, 5) is 33.4. The Morgan fingerprint density at radius 2 is 1.66 bits per heavy atom. The van der Waals surface area contributed by atoms with Gasteiger partial charge < -0.3 is 10.5 Å². The summed E-state index contributed by atoms with van der Waals surface area (Å²) in [6.07, 6.45) is -3.67. The number of halogens is 3. The number of esters is 1. The van der Waals surface area contributed by atoms with Crippen LogP contribution in [0.2, 0.25) is 0 Å². The van der Waals surface area contributed by atoms with E-state index in [1.165, 1.54) is 37.5 Å². The molecule has 2 heterocycles. The molecule has 0 spiro atoms. The molecule has 0 atom stereocenters. The molecule has 0 aliphatic rings. The lowest BCUT2D eigenvalue weighted by molar-refractivity contribution is -0.189. The van der Waals surface area contributed by atoms with Crippen LogP contribution >= 0.6 is 0 Å². The van der Waals surface area contributed by atoms with Gasteiger partial charge in [0.25, 0.3) is 0 Å². The Balaban J connectivity index is 0.00000141. The molecule has 0 radical (unpaired) electrons. The van der Waals surface area contributed by atoms with Crippen LogP contribution in [-0.4, -0.2) is 34.1 Å². The molecule has 7 nitrogen and oxygen atoms in total. The number of benzene rings is 2. The summed E-state index contributed by atoms with van der Waals surface area (Å²) in [5, 5.41) is 0.618. The van der Waals surface area contributed by atoms with Crippen molar-refractivity contribution in [2.75, 3.05) is 7.05 Å². The average molecular weight is 442 g/mol. The van der Waals surface area contributed by atoms with Gasteiger partial charge in [-0.25, -0.2) is 19.6 Å². The first-order valence-electron chi connectivity index (χ1n) is 9.24. The largest absolute Gasteiger partial charge is 0.491 e. The van der Waals surface area contributed by atoms with Gasteiger partial charge in [0, 0.05) is 22.7 Å². The third-order valence-electron chi connectivity index (χ3n) is 4.25. The van der Waals surface area contributed by atoms with Crippen molar-refractivity contribution in [3.05, 3.63) is 77.3 Å². The molecule has 0 aliphatic carbocycles. The van der Waals surface area contributed by atoms with Crippen molar-refractivity contribution in [3.8, 4) is 28.1 Å². The molecule has 2 aromatic carbocycles. The molecule has 2 aromatic heterocycles. The highest BCUT2D eigenvalue weighted by atomic mass is 19.4. The minimum Gasteiger partial charge on any atom is -0.420 e. The Morgan fingerprint density at radius 3 is 2.28 bits per heavy atom. The number of rotatable bonds is 3. The molecule has 0 saturated carbocycles. The van der Waals surface area contributed by atoms with Crippen LogP contribution in [0, 0.1) is 0 Å². The van der Waals surface area contributed by atoms with Crippen molar-refractivity contribution >= 4 is 17.0 Å². The summed E-state index contributed by atoms with van der Waals surface area (Å²) in [6, 6.07) is 16.6. The highest BCUT2D eigenvalue weighted by molar-refractivity contribution is 5.89. The van der Waals surface area contributed by atoms with Gasteiger partial charge >= 0.3 is 17.8 Å². The number of carbonyl (C=O) groups excluding carboxylic acids is 1. The predicted molar refractivity (Wildman–Crippen MR) is 113 cm³/mol. The van der Waals surface area contributed by atoms with E-state index in [9.17, 15) is 22.8 Å². The molecule has 0 unspecified atom stereocenters. The molecule has 4 rings (SSSR count). The molecule has 4 aromatic rings. The zero-order chi connectivity index (χ0) is 23.3. The van der Waals surface area contributed by atoms with Gasteiger partial charge in [-0.2, -0.15) is 13.2 Å². The fraction of sp³-hybridized carbons (Fsp3) is 0.0909. The second-order valence-electron chi connectivity index (χ2n) is 6.29. The zero-order valence-electron chi connectivity index (χ0n) is 16.7. The van der Waals surface area contributed by atoms with Crippen LogP contribution < -0.4 is 16.2 Å². The first kappa shape index (κ1) is 22.6. The maximum atomic E-state index is 12.4. The fourth-order valence-corrected chi connectivity index (χ4v) is 2.89. The Labute approximate surface area is 179 Å². The number of nitrogens with zero attached hydrogens (tertiary/aromatic N) is 2. The second-order valence-corrected chi connectivity index (χ2v) is 6.29. The van der Waals surface area contributed by atoms with Crippen LogP contribution in [0.4, 0.5) is 13.2 Å². The number of hydrogen-bond acceptors (Lipinski definition) is 6. The maximum Gasteiger partial charge on any atom is 0.491 e. The third-order valence-corrected chi connectivity index (χ3v) is 4.25. The quantitative estimate of drug-likeness (QED) is 0.370. The van der Waals surface area contributed by atoms with Crippen molar-refractivity contribution < 1.29 is 22.7 Å². The number of carbonyl (C=O) groups is 1. The minimum atomic E-state index is -5.08. The highest BCUT2D eigenvalue weighted by Crippen LogP contribution is 2.33. The topological polar surface area (TPSA) is 111 Å². The summed E-state index contributed by atoms with van der Waals surface area (Å²) >= 11 is 0. The number of pyridine rings is 1. The Bertz CT molecular complexity index is 1290. The van der Waals surface area contributed by atoms with Crippen molar-refractivity contribution in [1.82, 2.24) is 15.0 Å². The van der Waals surface area contributed by atoms with E-state index in [1.54, 1.807) is 0 Å². The van der Waals surface area contributed by atoms with Crippen LogP contribution in [0.15, 0.2) is 71.7 Å². The van der Waals surface area contributed by atoms with E-state index in [4.69, 9.17) is 0 Å². The van der Waals surface area contributed by atoms with Gasteiger partial charge in [-0.1, -0.05) is 30.3 Å². The van der Waals surface area contributed by atoms with Crippen molar-refractivity contribution in [2.24, 2.45) is 5.73 Å². The van der Waals surface area contributed by atoms with Gasteiger partial charge in [0.1, 0.15) is 11.4 Å². The van der Waals surface area contributed by atoms with E-state index < -0.39 is 17.8 Å². The third kappa shape index (κ3) is 4.98. The van der Waals surface area contributed by atoms with Crippen molar-refractivity contribution in [2.45, 2.75) is 6.18 Å². The van der Waals surface area contributed by atoms with Crippen LogP contribution in [-0.2, 0) is 4.79 Å². The van der Waals surface area contributed by atoms with Crippen molar-refractivity contribution in [1.29, 1.82) is 0 Å². The van der Waals surface area contributed by atoms with Crippen LogP contribution in [0.25, 0.3) is 33.4 Å². The van der Waals surface area contributed by atoms with Crippen LogP contribution in [0.5, 0.6) is 5.75 Å². The summed E-state index contributed by atoms with van der Waals surface area (Å²) < 4.78 is 41.5. The van der Waals surface area contributed by atoms with E-state index in [-0.39, 0.29) is 5.75 Å². The lowest BCUT2D eigenvalue weighted by Gasteiger charge is -2.12. The van der Waals surface area contributed by atoms with Crippen LogP contribution in [0.1, 0.15) is 0 Å². The SMILES string of the molecule is CN.O=C(Oc1ccc(-c2nc3[nH]c(=O)ncc3cc2-c2ccccc2)cc1)C(F)(F)F. The highest BCUT2D eigenvalue weighted by Gasteiger charge is 2.41. The Kier molecular flexibility index (Phi) is 6.64. The first-order chi connectivity index (χ1) is 15.3. The fourth-order valence-electron chi connectivity index (χ4n) is 2.89. The number of hydrogen-bond donors (Lipinski definition) is 2. The number of fused-ring (bicyclic) bond motifs is 1. The van der Waals surface area contributed by atoms with Gasteiger partial charge in [-0.05, 0) is 42.9 Å². The monoisotopic (exact) mass is 442 g/mol. The molecule has 3 N–H and O–H groups in total. The molecular weight excluding hydrogens is 425 g/mol. The first-order valence-corrected chi connectivity index (χ1v) is 9.24. The van der Waals surface area contributed by atoms with Crippen LogP contribution in [0.3, 0.4) is 0 Å². The van der Waals surface area contributed by atoms with Gasteiger partial charge in [-0.15, -0.1) is 0 Å². The number of aromatic nitrogens is 3. The van der Waals surface area contributed by atoms with Gasteiger partial charge in [0.15, 0.2) is 0 Å². The molecule has 0 saturated heterocycles. The van der Waals surface area contributed by atoms with E-state index >= 15 is 0 Å². The standard InChI is InChI=1S/C21H12F3N3O3.CH5N/c22-21(23,24)19(28)30-15-8-6-13(7-9-15)17-16(12-4-2-1-3-5-12)10-14-11-25-20(29)27-18(14)26-17;1-2/h1-11H,(H,25,26,27,29);2H2,1H3. The number of nitrogens with two attached hydrogens (primary N) is 1. The predicted octanol–water partition coefficient (Wildman–Crippen LogP) is 3.69. The normalized spacial score (nSPS) is 10.9. The summed E-state index contributed by atoms with van der Waals surface area (Å²) in [5.41, 5.74) is 6.89. The minimum absolute atomic E-state index is 0.249. The van der Waals surface area contributed by atoms with E-state index in [2.05, 4.69) is 25.4 Å². The van der Waals surface area contributed by atoms with Gasteiger partial charge in [0.2, 0.25) is 0 Å². The average Bonchev–Trinajstić information content (AvgIpc) is 2.80. The molecule has 0 amide bonds. The Hall–Kier alpha value is -4.05. The number of aromatic amines is 1. The lowest BCUT2D eigenvalue weighted by Crippen LogP contribution is -2.27. The molecular formula is C22H17F3N4O3. The number of ether oxygens (including phenoxy) is 1. The van der Waals surface area contributed by atoms with Gasteiger partial charge in [-0.3, -0.25) is 4.98 Å². The molecule has 0 aliphatic heterocycles. The van der Waals surface area contributed by atoms with Crippen molar-refractivity contribution in [3.63, 3.8) is 0 Å².